The maximum atomic E-state index is 12.7. The molecule has 2 atom stereocenters. The number of sulfone groups is 1. The Labute approximate surface area is 158 Å². The molecule has 2 amide bonds. The Balaban J connectivity index is 1.70. The lowest BCUT2D eigenvalue weighted by Crippen LogP contribution is -2.38. The molecule has 2 aliphatic rings. The third-order valence-electron chi connectivity index (χ3n) is 4.86. The number of nitrogens with one attached hydrogen (secondary N) is 2. The number of fused-ring (bicyclic) bond motifs is 1. The van der Waals surface area contributed by atoms with E-state index in [9.17, 15) is 18.0 Å². The molecule has 0 saturated heterocycles. The fraction of sp³-hybridized carbons (Fsp3) is 0.556. The molecule has 1 aromatic carbocycles. The maximum absolute atomic E-state index is 12.7. The lowest BCUT2D eigenvalue weighted by molar-refractivity contribution is -0.124. The van der Waals surface area contributed by atoms with Crippen molar-refractivity contribution in [2.75, 3.05) is 11.1 Å². The summed E-state index contributed by atoms with van der Waals surface area (Å²) >= 11 is 1.40. The molecule has 0 aromatic heterocycles. The van der Waals surface area contributed by atoms with E-state index in [0.717, 1.165) is 30.6 Å². The number of amides is 2. The van der Waals surface area contributed by atoms with Crippen LogP contribution in [0.4, 0.5) is 5.69 Å². The summed E-state index contributed by atoms with van der Waals surface area (Å²) in [6.07, 6.45) is 4.14. The van der Waals surface area contributed by atoms with Gasteiger partial charge in [0.05, 0.1) is 21.6 Å². The van der Waals surface area contributed by atoms with Crippen LogP contribution >= 0.6 is 11.8 Å². The molecule has 1 aliphatic heterocycles. The molecule has 1 heterocycles. The van der Waals surface area contributed by atoms with Gasteiger partial charge in [-0.05, 0) is 38.0 Å². The van der Waals surface area contributed by atoms with E-state index in [-0.39, 0.29) is 33.8 Å². The zero-order chi connectivity index (χ0) is 18.9. The smallest absolute Gasteiger partial charge is 0.237 e. The van der Waals surface area contributed by atoms with E-state index in [1.54, 1.807) is 26.0 Å². The molecular weight excluding hydrogens is 372 g/mol. The summed E-state index contributed by atoms with van der Waals surface area (Å²) in [7, 11) is -3.62. The minimum Gasteiger partial charge on any atom is -0.353 e. The Hall–Kier alpha value is -1.54. The van der Waals surface area contributed by atoms with E-state index < -0.39 is 15.8 Å². The maximum Gasteiger partial charge on any atom is 0.237 e. The first kappa shape index (κ1) is 19.2. The van der Waals surface area contributed by atoms with E-state index in [1.807, 2.05) is 0 Å². The number of hydrogen-bond acceptors (Lipinski definition) is 5. The molecule has 8 heteroatoms. The van der Waals surface area contributed by atoms with Crippen LogP contribution in [0.5, 0.6) is 0 Å². The molecule has 2 N–H and O–H groups in total. The van der Waals surface area contributed by atoms with Crippen LogP contribution in [-0.4, -0.2) is 37.3 Å². The first-order valence-corrected chi connectivity index (χ1v) is 11.4. The third-order valence-corrected chi connectivity index (χ3v) is 7.95. The number of rotatable bonds is 5. The SMILES string of the molecule is C[C@H](CS(=O)(=O)c1ccc2c(c1)NC(=O)[C@@H](C)S2)C(=O)NC1CCCC1. The number of hydrogen-bond donors (Lipinski definition) is 2. The third kappa shape index (κ3) is 4.23. The van der Waals surface area contributed by atoms with Gasteiger partial charge >= 0.3 is 0 Å². The molecule has 1 fully saturated rings. The van der Waals surface area contributed by atoms with Gasteiger partial charge in [-0.2, -0.15) is 0 Å². The lowest BCUT2D eigenvalue weighted by Gasteiger charge is -2.22. The van der Waals surface area contributed by atoms with Crippen molar-refractivity contribution in [3.63, 3.8) is 0 Å². The minimum atomic E-state index is -3.62. The van der Waals surface area contributed by atoms with Gasteiger partial charge < -0.3 is 10.6 Å². The highest BCUT2D eigenvalue weighted by Crippen LogP contribution is 2.37. The number of carbonyl (C=O) groups is 2. The summed E-state index contributed by atoms with van der Waals surface area (Å²) in [6, 6.07) is 4.92. The van der Waals surface area contributed by atoms with Gasteiger partial charge in [0.2, 0.25) is 11.8 Å². The molecule has 1 saturated carbocycles. The molecule has 0 unspecified atom stereocenters. The molecule has 6 nitrogen and oxygen atoms in total. The zero-order valence-electron chi connectivity index (χ0n) is 14.9. The van der Waals surface area contributed by atoms with E-state index >= 15 is 0 Å². The number of anilines is 1. The van der Waals surface area contributed by atoms with Gasteiger partial charge in [-0.3, -0.25) is 9.59 Å². The Bertz CT molecular complexity index is 816. The van der Waals surface area contributed by atoms with E-state index in [1.165, 1.54) is 17.8 Å². The predicted octanol–water partition coefficient (Wildman–Crippen LogP) is 2.59. The minimum absolute atomic E-state index is 0.132. The molecule has 0 spiro atoms. The van der Waals surface area contributed by atoms with Crippen LogP contribution in [0.1, 0.15) is 39.5 Å². The Morgan fingerprint density at radius 3 is 2.73 bits per heavy atom. The summed E-state index contributed by atoms with van der Waals surface area (Å²) in [5.74, 6) is -1.22. The van der Waals surface area contributed by atoms with Gasteiger partial charge in [0.1, 0.15) is 0 Å². The van der Waals surface area contributed by atoms with E-state index in [0.29, 0.717) is 5.69 Å². The van der Waals surface area contributed by atoms with Crippen molar-refractivity contribution in [2.24, 2.45) is 5.92 Å². The second-order valence-corrected chi connectivity index (χ2v) is 10.5. The van der Waals surface area contributed by atoms with Crippen LogP contribution in [0.2, 0.25) is 0 Å². The van der Waals surface area contributed by atoms with Crippen molar-refractivity contribution in [2.45, 2.75) is 60.6 Å². The van der Waals surface area contributed by atoms with E-state index in [2.05, 4.69) is 10.6 Å². The van der Waals surface area contributed by atoms with Crippen molar-refractivity contribution < 1.29 is 18.0 Å². The molecule has 142 valence electrons. The standard InChI is InChI=1S/C18H24N2O4S2/c1-11(17(21)19-13-5-3-4-6-13)10-26(23,24)14-7-8-16-15(9-14)20-18(22)12(2)25-16/h7-9,11-13H,3-6,10H2,1-2H3,(H,19,21)(H,20,22)/t11-,12-/m1/s1. The highest BCUT2D eigenvalue weighted by molar-refractivity contribution is 8.01. The van der Waals surface area contributed by atoms with Crippen LogP contribution in [0.15, 0.2) is 28.0 Å². The van der Waals surface area contributed by atoms with Crippen molar-refractivity contribution >= 4 is 39.1 Å². The average Bonchev–Trinajstić information content (AvgIpc) is 3.08. The molecule has 1 aromatic rings. The Morgan fingerprint density at radius 2 is 2.04 bits per heavy atom. The predicted molar refractivity (Wildman–Crippen MR) is 102 cm³/mol. The Kier molecular flexibility index (Phi) is 5.62. The van der Waals surface area contributed by atoms with Gasteiger partial charge in [-0.25, -0.2) is 8.42 Å². The van der Waals surface area contributed by atoms with Crippen molar-refractivity contribution in [3.05, 3.63) is 18.2 Å². The molecule has 1 aliphatic carbocycles. The monoisotopic (exact) mass is 396 g/mol. The molecule has 3 rings (SSSR count). The van der Waals surface area contributed by atoms with Gasteiger partial charge in [0, 0.05) is 16.9 Å². The summed E-state index contributed by atoms with van der Waals surface area (Å²) in [6.45, 7) is 3.44. The Morgan fingerprint density at radius 1 is 1.35 bits per heavy atom. The lowest BCUT2D eigenvalue weighted by atomic mass is 10.1. The summed E-state index contributed by atoms with van der Waals surface area (Å²) in [4.78, 5) is 25.1. The zero-order valence-corrected chi connectivity index (χ0v) is 16.6. The topological polar surface area (TPSA) is 92.3 Å². The summed E-state index contributed by atoms with van der Waals surface area (Å²) < 4.78 is 25.4. The fourth-order valence-corrected chi connectivity index (χ4v) is 5.80. The van der Waals surface area contributed by atoms with Crippen LogP contribution in [0.3, 0.4) is 0 Å². The summed E-state index contributed by atoms with van der Waals surface area (Å²) in [5, 5.41) is 5.49. The largest absolute Gasteiger partial charge is 0.353 e. The van der Waals surface area contributed by atoms with Crippen LogP contribution in [-0.2, 0) is 19.4 Å². The molecule has 0 radical (unpaired) electrons. The molecule has 26 heavy (non-hydrogen) atoms. The number of thioether (sulfide) groups is 1. The van der Waals surface area contributed by atoms with E-state index in [4.69, 9.17) is 0 Å². The molecule has 0 bridgehead atoms. The average molecular weight is 397 g/mol. The second kappa shape index (κ2) is 7.60. The quantitative estimate of drug-likeness (QED) is 0.798. The molecular formula is C18H24N2O4S2. The van der Waals surface area contributed by atoms with Crippen LogP contribution < -0.4 is 10.6 Å². The highest BCUT2D eigenvalue weighted by Gasteiger charge is 2.28. The van der Waals surface area contributed by atoms with Gasteiger partial charge in [-0.1, -0.05) is 19.8 Å². The van der Waals surface area contributed by atoms with Crippen LogP contribution in [0, 0.1) is 5.92 Å². The van der Waals surface area contributed by atoms with Gasteiger partial charge in [0.25, 0.3) is 0 Å². The second-order valence-electron chi connectivity index (χ2n) is 7.08. The number of benzene rings is 1. The van der Waals surface area contributed by atoms with Crippen molar-refractivity contribution in [1.29, 1.82) is 0 Å². The normalized spacial score (nSPS) is 21.8. The highest BCUT2D eigenvalue weighted by atomic mass is 32.2. The van der Waals surface area contributed by atoms with Gasteiger partial charge in [0.15, 0.2) is 9.84 Å². The fourth-order valence-electron chi connectivity index (χ4n) is 3.30. The number of carbonyl (C=O) groups excluding carboxylic acids is 2. The summed E-state index contributed by atoms with van der Waals surface area (Å²) in [5.41, 5.74) is 0.516. The first-order chi connectivity index (χ1) is 12.3. The first-order valence-electron chi connectivity index (χ1n) is 8.91. The van der Waals surface area contributed by atoms with Crippen LogP contribution in [0.25, 0.3) is 0 Å². The van der Waals surface area contributed by atoms with Crippen molar-refractivity contribution in [1.82, 2.24) is 5.32 Å². The van der Waals surface area contributed by atoms with Gasteiger partial charge in [-0.15, -0.1) is 11.8 Å². The van der Waals surface area contributed by atoms with Crippen molar-refractivity contribution in [3.8, 4) is 0 Å².